The minimum atomic E-state index is -3.76. The van der Waals surface area contributed by atoms with E-state index in [9.17, 15) is 13.2 Å². The predicted molar refractivity (Wildman–Crippen MR) is 115 cm³/mol. The summed E-state index contributed by atoms with van der Waals surface area (Å²) in [6.45, 7) is 8.37. The van der Waals surface area contributed by atoms with E-state index in [2.05, 4.69) is 19.2 Å². The smallest absolute Gasteiger partial charge is 0.255 e. The first kappa shape index (κ1) is 22.4. The van der Waals surface area contributed by atoms with Gasteiger partial charge >= 0.3 is 0 Å². The number of nitrogens with zero attached hydrogens (tertiary/aromatic N) is 1. The molecule has 0 unspecified atom stereocenters. The fraction of sp³-hybridized carbons (Fsp3) is 0.381. The van der Waals surface area contributed by atoms with E-state index in [1.807, 2.05) is 24.3 Å². The first-order chi connectivity index (χ1) is 13.3. The van der Waals surface area contributed by atoms with Crippen molar-refractivity contribution >= 4 is 33.2 Å². The molecule has 152 valence electrons. The third kappa shape index (κ3) is 4.74. The van der Waals surface area contributed by atoms with Crippen molar-refractivity contribution < 1.29 is 13.2 Å². The second-order valence-corrected chi connectivity index (χ2v) is 8.90. The van der Waals surface area contributed by atoms with E-state index in [-0.39, 0.29) is 21.4 Å². The van der Waals surface area contributed by atoms with Crippen LogP contribution in [0.15, 0.2) is 47.4 Å². The Morgan fingerprint density at radius 3 is 2.36 bits per heavy atom. The van der Waals surface area contributed by atoms with Crippen LogP contribution < -0.4 is 5.32 Å². The lowest BCUT2D eigenvalue weighted by Gasteiger charge is -2.20. The van der Waals surface area contributed by atoms with Crippen LogP contribution in [0.3, 0.4) is 0 Å². The van der Waals surface area contributed by atoms with Crippen LogP contribution in [0.25, 0.3) is 0 Å². The van der Waals surface area contributed by atoms with Crippen LogP contribution in [0.5, 0.6) is 0 Å². The Labute approximate surface area is 172 Å². The maximum atomic E-state index is 12.8. The lowest BCUT2D eigenvalue weighted by Crippen LogP contribution is -2.31. The van der Waals surface area contributed by atoms with Gasteiger partial charge in [0.15, 0.2) is 0 Å². The molecule has 0 saturated heterocycles. The van der Waals surface area contributed by atoms with E-state index in [1.165, 1.54) is 22.5 Å². The van der Waals surface area contributed by atoms with Gasteiger partial charge in [0.25, 0.3) is 5.91 Å². The van der Waals surface area contributed by atoms with Gasteiger partial charge in [-0.3, -0.25) is 4.79 Å². The number of hydrogen-bond acceptors (Lipinski definition) is 3. The van der Waals surface area contributed by atoms with E-state index in [0.29, 0.717) is 19.0 Å². The summed E-state index contributed by atoms with van der Waals surface area (Å²) in [5.41, 5.74) is 2.02. The molecule has 0 fully saturated rings. The summed E-state index contributed by atoms with van der Waals surface area (Å²) >= 11 is 6.15. The van der Waals surface area contributed by atoms with E-state index < -0.39 is 10.0 Å². The molecular formula is C21H27ClN2O3S. The number of halogens is 1. The normalized spacial score (nSPS) is 12.8. The topological polar surface area (TPSA) is 66.5 Å². The number of anilines is 1. The number of sulfonamides is 1. The molecule has 5 nitrogen and oxygen atoms in total. The predicted octanol–water partition coefficient (Wildman–Crippen LogP) is 5.14. The Morgan fingerprint density at radius 2 is 1.75 bits per heavy atom. The van der Waals surface area contributed by atoms with Crippen LogP contribution in [-0.4, -0.2) is 31.7 Å². The Hall–Kier alpha value is -1.89. The summed E-state index contributed by atoms with van der Waals surface area (Å²) in [5, 5.41) is 3.01. The van der Waals surface area contributed by atoms with Gasteiger partial charge in [0, 0.05) is 24.3 Å². The van der Waals surface area contributed by atoms with Crippen molar-refractivity contribution in [2.75, 3.05) is 18.4 Å². The Kier molecular flexibility index (Phi) is 7.63. The van der Waals surface area contributed by atoms with Gasteiger partial charge in [-0.05, 0) is 42.2 Å². The van der Waals surface area contributed by atoms with Crippen LogP contribution in [0.1, 0.15) is 56.0 Å². The second kappa shape index (κ2) is 9.54. The highest BCUT2D eigenvalue weighted by molar-refractivity contribution is 7.89. The average molecular weight is 423 g/mol. The standard InChI is InChI=1S/C21H27ClN2O3S/c1-5-15(4)17-10-8-9-11-19(17)23-21(25)16-12-13-18(22)20(14-16)28(26,27)24(6-2)7-3/h8-15H,5-7H2,1-4H3,(H,23,25)/t15-/m0/s1. The molecule has 1 N–H and O–H groups in total. The molecule has 1 amide bonds. The maximum absolute atomic E-state index is 12.8. The minimum absolute atomic E-state index is 0.0549. The highest BCUT2D eigenvalue weighted by atomic mass is 35.5. The molecule has 0 heterocycles. The molecule has 28 heavy (non-hydrogen) atoms. The van der Waals surface area contributed by atoms with Crippen LogP contribution in [0, 0.1) is 0 Å². The van der Waals surface area contributed by atoms with Crippen LogP contribution in [-0.2, 0) is 10.0 Å². The molecule has 2 aromatic carbocycles. The summed E-state index contributed by atoms with van der Waals surface area (Å²) in [6.07, 6.45) is 0.945. The van der Waals surface area contributed by atoms with Gasteiger partial charge in [-0.25, -0.2) is 8.42 Å². The quantitative estimate of drug-likeness (QED) is 0.640. The maximum Gasteiger partial charge on any atom is 0.255 e. The van der Waals surface area contributed by atoms with E-state index >= 15 is 0 Å². The lowest BCUT2D eigenvalue weighted by atomic mass is 9.97. The van der Waals surface area contributed by atoms with Crippen molar-refractivity contribution in [1.82, 2.24) is 4.31 Å². The monoisotopic (exact) mass is 422 g/mol. The number of hydrogen-bond donors (Lipinski definition) is 1. The zero-order valence-electron chi connectivity index (χ0n) is 16.7. The second-order valence-electron chi connectivity index (χ2n) is 6.59. The van der Waals surface area contributed by atoms with Gasteiger partial charge in [0.1, 0.15) is 4.90 Å². The van der Waals surface area contributed by atoms with Crippen LogP contribution in [0.2, 0.25) is 5.02 Å². The molecule has 2 rings (SSSR count). The van der Waals surface area contributed by atoms with Crippen molar-refractivity contribution in [2.45, 2.75) is 44.9 Å². The summed E-state index contributed by atoms with van der Waals surface area (Å²) in [4.78, 5) is 12.8. The number of carbonyl (C=O) groups is 1. The first-order valence-electron chi connectivity index (χ1n) is 9.46. The zero-order valence-corrected chi connectivity index (χ0v) is 18.3. The van der Waals surface area contributed by atoms with E-state index in [0.717, 1.165) is 17.7 Å². The van der Waals surface area contributed by atoms with Gasteiger partial charge < -0.3 is 5.32 Å². The summed E-state index contributed by atoms with van der Waals surface area (Å²) in [6, 6.07) is 12.0. The zero-order chi connectivity index (χ0) is 20.9. The lowest BCUT2D eigenvalue weighted by molar-refractivity contribution is 0.102. The van der Waals surface area contributed by atoms with Gasteiger partial charge in [-0.15, -0.1) is 0 Å². The Balaban J connectivity index is 2.39. The van der Waals surface area contributed by atoms with Crippen molar-refractivity contribution in [3.8, 4) is 0 Å². The van der Waals surface area contributed by atoms with E-state index in [1.54, 1.807) is 13.8 Å². The van der Waals surface area contributed by atoms with Gasteiger partial charge in [-0.2, -0.15) is 4.31 Å². The van der Waals surface area contributed by atoms with Crippen LogP contribution >= 0.6 is 11.6 Å². The number of amides is 1. The number of para-hydroxylation sites is 1. The van der Waals surface area contributed by atoms with E-state index in [4.69, 9.17) is 11.6 Å². The molecule has 0 aliphatic rings. The Morgan fingerprint density at radius 1 is 1.11 bits per heavy atom. The van der Waals surface area contributed by atoms with Crippen molar-refractivity contribution in [3.63, 3.8) is 0 Å². The number of rotatable bonds is 8. The molecule has 1 atom stereocenters. The molecular weight excluding hydrogens is 396 g/mol. The Bertz CT molecular complexity index is 940. The van der Waals surface area contributed by atoms with Crippen molar-refractivity contribution in [1.29, 1.82) is 0 Å². The molecule has 0 bridgehead atoms. The highest BCUT2D eigenvalue weighted by Gasteiger charge is 2.25. The third-order valence-electron chi connectivity index (χ3n) is 4.87. The number of nitrogens with one attached hydrogen (secondary N) is 1. The highest BCUT2D eigenvalue weighted by Crippen LogP contribution is 2.29. The molecule has 0 spiro atoms. The largest absolute Gasteiger partial charge is 0.322 e. The summed E-state index contributed by atoms with van der Waals surface area (Å²) in [5.74, 6) is -0.0799. The van der Waals surface area contributed by atoms with Crippen molar-refractivity contribution in [3.05, 3.63) is 58.6 Å². The summed E-state index contributed by atoms with van der Waals surface area (Å²) < 4.78 is 27.0. The fourth-order valence-corrected chi connectivity index (χ4v) is 4.96. The number of benzene rings is 2. The molecule has 0 aliphatic heterocycles. The molecule has 0 saturated carbocycles. The van der Waals surface area contributed by atoms with Crippen LogP contribution in [0.4, 0.5) is 5.69 Å². The molecule has 7 heteroatoms. The summed E-state index contributed by atoms with van der Waals surface area (Å²) in [7, 11) is -3.76. The number of carbonyl (C=O) groups excluding carboxylic acids is 1. The molecule has 2 aromatic rings. The SMILES string of the molecule is CC[C@H](C)c1ccccc1NC(=O)c1ccc(Cl)c(S(=O)(=O)N(CC)CC)c1. The molecule has 0 aliphatic carbocycles. The van der Waals surface area contributed by atoms with Crippen molar-refractivity contribution in [2.24, 2.45) is 0 Å². The minimum Gasteiger partial charge on any atom is -0.322 e. The average Bonchev–Trinajstić information content (AvgIpc) is 2.68. The molecule has 0 aromatic heterocycles. The van der Waals surface area contributed by atoms with Gasteiger partial charge in [-0.1, -0.05) is 57.5 Å². The first-order valence-corrected chi connectivity index (χ1v) is 11.3. The molecule has 0 radical (unpaired) electrons. The fourth-order valence-electron chi connectivity index (χ4n) is 3.00. The van der Waals surface area contributed by atoms with Gasteiger partial charge in [0.05, 0.1) is 5.02 Å². The third-order valence-corrected chi connectivity index (χ3v) is 7.40. The van der Waals surface area contributed by atoms with Gasteiger partial charge in [0.2, 0.25) is 10.0 Å².